The summed E-state index contributed by atoms with van der Waals surface area (Å²) < 4.78 is 79.8. The van der Waals surface area contributed by atoms with Gasteiger partial charge in [-0.25, -0.2) is 4.79 Å². The summed E-state index contributed by atoms with van der Waals surface area (Å²) in [7, 11) is 0. The number of aliphatic hydroxyl groups excluding tert-OH is 22. The van der Waals surface area contributed by atoms with Crippen LogP contribution in [0.4, 0.5) is 0 Å². The van der Waals surface area contributed by atoms with Crippen molar-refractivity contribution in [2.45, 2.75) is 312 Å². The van der Waals surface area contributed by atoms with Crippen LogP contribution in [0.2, 0.25) is 0 Å². The highest BCUT2D eigenvalue weighted by atomic mass is 16.8. The lowest BCUT2D eigenvalue weighted by atomic mass is 9.96. The summed E-state index contributed by atoms with van der Waals surface area (Å²) in [6.07, 6.45) is -52.6. The van der Waals surface area contributed by atoms with Gasteiger partial charge in [-0.2, -0.15) is 0 Å². The van der Waals surface area contributed by atoms with E-state index >= 15 is 0 Å². The molecule has 8 fully saturated rings. The lowest BCUT2D eigenvalue weighted by Crippen LogP contribution is -2.65. The third-order valence-electron chi connectivity index (χ3n) is 22.7. The maximum Gasteiger partial charge on any atom is 0.333 e. The quantitative estimate of drug-likeness (QED) is 0.0199. The van der Waals surface area contributed by atoms with Gasteiger partial charge in [0, 0.05) is 71.4 Å². The standard InChI is InChI=1S/C76H131N7O44/c1-36-51(96)58(103)62(107)70(118-36)114-24-21-81(22-25-115-74-67(112)68(125-75-52(97)38(88)26-37(30-84)119-75)56(101)43(124-74)35-117-72-64(109)60(105)54(99)40(32-86)121-72)20-11-3-2-8-16-77-45(90)27-82(29-47(92)79-18-10-5-7-13-50(95)127-83-48(93)14-15-49(83)94)28-46(91)78-17-9-4-6-12-44(89)80-19-23-113-73-66(111)69(126-76-65(110)61(106)55(100)41(33-87)122-76)57(102)42(123-73)34-116-71-63(108)59(104)53(98)39(31-85)120-71/h36-43,51-76,84-88,96-112H,2-35H2,1H3,(H,77,90)(H,78,91)(H,79,92)(H,80,89)/t36-,37-,38-,39+,40+,41+,42+,43+,51+,52-,53+,54+,55+,56+,57+,58+,59-,60-,61-,62-,63-,64-,65-,66-,67-,68-,69-,70+,71-,72-,73-,74-,75+,76+/m0/s1. The van der Waals surface area contributed by atoms with Crippen LogP contribution in [-0.2, 0) is 105 Å². The Kier molecular flexibility index (Phi) is 45.4. The second-order valence-electron chi connectivity index (χ2n) is 32.4. The van der Waals surface area contributed by atoms with Crippen molar-refractivity contribution >= 4 is 41.4 Å². The first kappa shape index (κ1) is 107. The van der Waals surface area contributed by atoms with E-state index in [0.717, 1.165) is 0 Å². The number of hydroxylamine groups is 2. The fourth-order valence-electron chi connectivity index (χ4n) is 15.0. The van der Waals surface area contributed by atoms with Crippen molar-refractivity contribution in [3.8, 4) is 0 Å². The van der Waals surface area contributed by atoms with E-state index in [0.29, 0.717) is 75.8 Å². The lowest BCUT2D eigenvalue weighted by Gasteiger charge is -2.46. The minimum Gasteiger partial charge on any atom is -0.394 e. The second-order valence-corrected chi connectivity index (χ2v) is 32.4. The van der Waals surface area contributed by atoms with E-state index in [2.05, 4.69) is 21.3 Å². The number of nitrogens with zero attached hydrogens (tertiary/aromatic N) is 3. The van der Waals surface area contributed by atoms with E-state index in [-0.39, 0.29) is 91.2 Å². The number of aliphatic hydroxyl groups is 22. The van der Waals surface area contributed by atoms with Crippen molar-refractivity contribution in [1.29, 1.82) is 0 Å². The molecule has 6 amide bonds. The normalized spacial score (nSPS) is 37.3. The predicted octanol–water partition coefficient (Wildman–Crippen LogP) is -14.9. The Bertz CT molecular complexity index is 3270. The van der Waals surface area contributed by atoms with Crippen molar-refractivity contribution < 1.29 is 217 Å². The fraction of sp³-hybridized carbons (Fsp3) is 0.908. The topological polar surface area (TPSA) is 761 Å². The third-order valence-corrected chi connectivity index (χ3v) is 22.7. The Morgan fingerprint density at radius 2 is 0.732 bits per heavy atom. The number of nitrogens with one attached hydrogen (secondary N) is 4. The van der Waals surface area contributed by atoms with Crippen LogP contribution >= 0.6 is 0 Å². The lowest BCUT2D eigenvalue weighted by molar-refractivity contribution is -0.366. The number of carbonyl (C=O) groups excluding carboxylic acids is 7. The van der Waals surface area contributed by atoms with E-state index in [1.807, 2.05) is 4.90 Å². The second kappa shape index (κ2) is 53.8. The molecule has 0 aromatic rings. The third kappa shape index (κ3) is 31.5. The number of hydrogen-bond donors (Lipinski definition) is 26. The van der Waals surface area contributed by atoms with Gasteiger partial charge in [0.15, 0.2) is 44.0 Å². The molecule has 127 heavy (non-hydrogen) atoms. The maximum absolute atomic E-state index is 13.6. The number of imide groups is 1. The molecule has 0 aromatic heterocycles. The number of rotatable bonds is 52. The van der Waals surface area contributed by atoms with Gasteiger partial charge in [0.1, 0.15) is 146 Å². The van der Waals surface area contributed by atoms with Crippen LogP contribution in [0.3, 0.4) is 0 Å². The Balaban J connectivity index is 0.800. The van der Waals surface area contributed by atoms with Crippen molar-refractivity contribution in [1.82, 2.24) is 36.1 Å². The van der Waals surface area contributed by atoms with Gasteiger partial charge in [-0.3, -0.25) is 38.6 Å². The van der Waals surface area contributed by atoms with Crippen LogP contribution in [0, 0.1) is 0 Å². The molecule has 0 radical (unpaired) electrons. The van der Waals surface area contributed by atoms with Crippen molar-refractivity contribution in [3.05, 3.63) is 0 Å². The molecule has 0 unspecified atom stereocenters. The Morgan fingerprint density at radius 3 is 1.19 bits per heavy atom. The molecule has 51 heteroatoms. The molecule has 734 valence electrons. The van der Waals surface area contributed by atoms with Gasteiger partial charge in [0.2, 0.25) is 23.6 Å². The summed E-state index contributed by atoms with van der Waals surface area (Å²) in [5.41, 5.74) is 0. The summed E-state index contributed by atoms with van der Waals surface area (Å²) in [6.45, 7) is -4.13. The summed E-state index contributed by atoms with van der Waals surface area (Å²) in [5, 5.41) is 243. The molecule has 26 N–H and O–H groups in total. The summed E-state index contributed by atoms with van der Waals surface area (Å²) in [4.78, 5) is 97.5. The van der Waals surface area contributed by atoms with E-state index in [1.165, 1.54) is 11.8 Å². The summed E-state index contributed by atoms with van der Waals surface area (Å²) in [5.74, 6) is -4.11. The predicted molar refractivity (Wildman–Crippen MR) is 414 cm³/mol. The van der Waals surface area contributed by atoms with Crippen LogP contribution in [0.1, 0.15) is 103 Å². The van der Waals surface area contributed by atoms with Crippen molar-refractivity contribution in [2.75, 3.05) is 125 Å². The molecule has 0 spiro atoms. The van der Waals surface area contributed by atoms with Crippen LogP contribution in [-0.4, -0.2) is 502 Å². The van der Waals surface area contributed by atoms with Gasteiger partial charge < -0.3 is 205 Å². The zero-order valence-corrected chi connectivity index (χ0v) is 70.3. The number of hydrogen-bond acceptors (Lipinski definition) is 46. The average Bonchev–Trinajstić information content (AvgIpc) is 0.817. The monoisotopic (exact) mass is 1850 g/mol. The van der Waals surface area contributed by atoms with E-state index in [9.17, 15) is 146 Å². The molecule has 8 aliphatic heterocycles. The van der Waals surface area contributed by atoms with Crippen LogP contribution in [0.25, 0.3) is 0 Å². The number of amides is 6. The summed E-state index contributed by atoms with van der Waals surface area (Å²) in [6, 6.07) is 0. The zero-order chi connectivity index (χ0) is 92.9. The van der Waals surface area contributed by atoms with Gasteiger partial charge in [-0.15, -0.1) is 5.06 Å². The maximum atomic E-state index is 13.6. The molecule has 8 heterocycles. The first-order valence-corrected chi connectivity index (χ1v) is 42.8. The molecular weight excluding hydrogens is 1710 g/mol. The first-order valence-electron chi connectivity index (χ1n) is 42.8. The van der Waals surface area contributed by atoms with Crippen LogP contribution < -0.4 is 21.3 Å². The molecule has 34 atom stereocenters. The SMILES string of the molecule is C[C@@H]1O[C@@H](OCCN(CCCCCCNC(=O)CN(CC(=O)NCCCCCC(=O)NCCO[C@H]2O[C@H](CO[C@H]3O[C@H](CO)[C@@H](O)[C@H](O)[C@@H]3O)[C@@H](O)[C@H](O[C@H]3O[C@H](CO)[C@@H](O)[C@H](O)[C@@H]3O)[C@@H]2O)CC(=O)NCCCCCC(=O)ON2C(=O)CCC2=O)CCO[C@H]2O[C@H](CO[C@H]3O[C@H](CO)[C@@H](O)[C@H](O)[C@@H]3O)[C@@H](O)[C@H](O[C@H]3O[C@H](CO)C[C@H](O)[C@@H]3O)[C@@H]2O)[C@@H](O)[C@H](O)[C@@H]1O. The largest absolute Gasteiger partial charge is 0.394 e. The molecule has 0 aliphatic carbocycles. The van der Waals surface area contributed by atoms with Gasteiger partial charge in [0.25, 0.3) is 11.8 Å². The Hall–Kier alpha value is -5.03. The van der Waals surface area contributed by atoms with Gasteiger partial charge >= 0.3 is 5.97 Å². The van der Waals surface area contributed by atoms with Crippen LogP contribution in [0.5, 0.6) is 0 Å². The minimum atomic E-state index is -1.98. The highest BCUT2D eigenvalue weighted by Crippen LogP contribution is 2.35. The van der Waals surface area contributed by atoms with E-state index in [1.54, 1.807) is 0 Å². The van der Waals surface area contributed by atoms with Gasteiger partial charge in [0.05, 0.1) is 97.4 Å². The molecule has 8 rings (SSSR count). The summed E-state index contributed by atoms with van der Waals surface area (Å²) >= 11 is 0. The molecule has 0 bridgehead atoms. The fourth-order valence-corrected chi connectivity index (χ4v) is 15.0. The van der Waals surface area contributed by atoms with E-state index in [4.69, 9.17) is 71.2 Å². The highest BCUT2D eigenvalue weighted by molar-refractivity contribution is 6.01. The molecule has 8 aliphatic rings. The Labute approximate surface area is 729 Å². The zero-order valence-electron chi connectivity index (χ0n) is 70.3. The smallest absolute Gasteiger partial charge is 0.333 e. The average molecular weight is 1850 g/mol. The molecule has 0 aromatic carbocycles. The highest BCUT2D eigenvalue weighted by Gasteiger charge is 2.55. The van der Waals surface area contributed by atoms with Crippen molar-refractivity contribution in [3.63, 3.8) is 0 Å². The van der Waals surface area contributed by atoms with Crippen LogP contribution in [0.15, 0.2) is 0 Å². The number of carbonyl (C=O) groups is 7. The molecule has 0 saturated carbocycles. The van der Waals surface area contributed by atoms with E-state index < -0.39 is 310 Å². The van der Waals surface area contributed by atoms with Gasteiger partial charge in [-0.05, 0) is 52.0 Å². The number of unbranched alkanes of at least 4 members (excludes halogenated alkanes) is 7. The molecule has 8 saturated heterocycles. The Morgan fingerprint density at radius 1 is 0.354 bits per heavy atom. The van der Waals surface area contributed by atoms with Crippen molar-refractivity contribution in [2.24, 2.45) is 0 Å². The molecule has 51 nitrogen and oxygen atoms in total. The van der Waals surface area contributed by atoms with Gasteiger partial charge in [-0.1, -0.05) is 25.7 Å². The first-order chi connectivity index (χ1) is 60.6. The minimum absolute atomic E-state index is 0.00432. The molecular formula is C76H131N7O44. The number of ether oxygens (including phenoxy) is 14.